The predicted octanol–water partition coefficient (Wildman–Crippen LogP) is 1.72. The molecule has 0 aromatic rings. The summed E-state index contributed by atoms with van der Waals surface area (Å²) in [6.07, 6.45) is 12.4. The maximum atomic E-state index is 12.7. The lowest BCUT2D eigenvalue weighted by molar-refractivity contribution is -0.125. The van der Waals surface area contributed by atoms with Gasteiger partial charge in [0.15, 0.2) is 0 Å². The van der Waals surface area contributed by atoms with Crippen LogP contribution in [0.1, 0.15) is 64.2 Å². The van der Waals surface area contributed by atoms with Gasteiger partial charge < -0.3 is 5.32 Å². The van der Waals surface area contributed by atoms with Gasteiger partial charge in [-0.25, -0.2) is 8.42 Å². The van der Waals surface area contributed by atoms with Crippen LogP contribution >= 0.6 is 0 Å². The first-order valence-electron chi connectivity index (χ1n) is 9.92. The molecule has 1 atom stereocenters. The third-order valence-corrected chi connectivity index (χ3v) is 7.62. The van der Waals surface area contributed by atoms with E-state index in [0.29, 0.717) is 19.5 Å². The highest BCUT2D eigenvalue weighted by Gasteiger charge is 2.41. The van der Waals surface area contributed by atoms with Crippen LogP contribution in [0.5, 0.6) is 0 Å². The van der Waals surface area contributed by atoms with Crippen molar-refractivity contribution in [1.82, 2.24) is 14.5 Å². The van der Waals surface area contributed by atoms with Crippen LogP contribution in [-0.4, -0.2) is 67.5 Å². The minimum Gasteiger partial charge on any atom is -0.353 e. The number of carbonyl (C=O) groups excluding carboxylic acids is 1. The van der Waals surface area contributed by atoms with Crippen LogP contribution in [0.3, 0.4) is 0 Å². The van der Waals surface area contributed by atoms with E-state index in [2.05, 4.69) is 10.2 Å². The quantitative estimate of drug-likeness (QED) is 0.799. The Hall–Kier alpha value is -0.660. The van der Waals surface area contributed by atoms with Crippen molar-refractivity contribution in [2.24, 2.45) is 0 Å². The number of carbonyl (C=O) groups is 1. The minimum absolute atomic E-state index is 0.0862. The average molecular weight is 372 g/mol. The van der Waals surface area contributed by atoms with E-state index in [9.17, 15) is 13.2 Å². The van der Waals surface area contributed by atoms with Crippen LogP contribution in [-0.2, 0) is 14.8 Å². The van der Waals surface area contributed by atoms with Crippen LogP contribution in [0, 0.1) is 0 Å². The van der Waals surface area contributed by atoms with Gasteiger partial charge in [-0.15, -0.1) is 0 Å². The second-order valence-electron chi connectivity index (χ2n) is 8.08. The number of hydrogen-bond donors (Lipinski definition) is 1. The predicted molar refractivity (Wildman–Crippen MR) is 98.8 cm³/mol. The van der Waals surface area contributed by atoms with E-state index < -0.39 is 16.1 Å². The summed E-state index contributed by atoms with van der Waals surface area (Å²) in [5.74, 6) is -0.107. The van der Waals surface area contributed by atoms with Crippen molar-refractivity contribution in [3.05, 3.63) is 0 Å². The van der Waals surface area contributed by atoms with Gasteiger partial charge in [0.05, 0.1) is 6.26 Å². The molecule has 0 bridgehead atoms. The molecule has 2 heterocycles. The number of likely N-dealkylation sites (tertiary alicyclic amines) is 1. The summed E-state index contributed by atoms with van der Waals surface area (Å²) in [6.45, 7) is 3.40. The van der Waals surface area contributed by atoms with Gasteiger partial charge in [0.25, 0.3) is 0 Å². The molecule has 25 heavy (non-hydrogen) atoms. The molecule has 1 N–H and O–H groups in total. The van der Waals surface area contributed by atoms with Gasteiger partial charge in [0, 0.05) is 18.6 Å². The van der Waals surface area contributed by atoms with E-state index in [1.165, 1.54) is 49.1 Å². The number of rotatable bonds is 5. The Balaban J connectivity index is 1.65. The topological polar surface area (TPSA) is 69.7 Å². The number of nitrogens with zero attached hydrogens (tertiary/aromatic N) is 2. The van der Waals surface area contributed by atoms with Crippen LogP contribution < -0.4 is 5.32 Å². The average Bonchev–Trinajstić information content (AvgIpc) is 3.12. The highest BCUT2D eigenvalue weighted by atomic mass is 32.2. The molecule has 1 aliphatic carbocycles. The molecule has 1 amide bonds. The Morgan fingerprint density at radius 1 is 1.00 bits per heavy atom. The number of nitrogens with one attached hydrogen (secondary N) is 1. The third-order valence-electron chi connectivity index (χ3n) is 6.34. The maximum Gasteiger partial charge on any atom is 0.238 e. The van der Waals surface area contributed by atoms with Crippen LogP contribution in [0.15, 0.2) is 0 Å². The molecular weight excluding hydrogens is 338 g/mol. The lowest BCUT2D eigenvalue weighted by atomic mass is 9.79. The van der Waals surface area contributed by atoms with Gasteiger partial charge >= 0.3 is 0 Å². The summed E-state index contributed by atoms with van der Waals surface area (Å²) in [5.41, 5.74) is 0.0862. The van der Waals surface area contributed by atoms with Gasteiger partial charge in [-0.3, -0.25) is 9.69 Å². The lowest BCUT2D eigenvalue weighted by Gasteiger charge is -2.48. The van der Waals surface area contributed by atoms with Gasteiger partial charge in [-0.2, -0.15) is 4.31 Å². The standard InChI is InChI=1S/C18H33N3O3S/c1-25(23,24)21-14-8-9-16(21)17(22)19-15-18(10-4-2-5-11-18)20-12-6-3-7-13-20/h16H,2-15H2,1H3,(H,19,22). The zero-order chi connectivity index (χ0) is 17.9. The van der Waals surface area contributed by atoms with E-state index in [-0.39, 0.29) is 11.4 Å². The van der Waals surface area contributed by atoms with E-state index in [1.54, 1.807) is 0 Å². The molecule has 144 valence electrons. The monoisotopic (exact) mass is 371 g/mol. The van der Waals surface area contributed by atoms with Crippen molar-refractivity contribution in [2.75, 3.05) is 32.4 Å². The molecule has 2 aliphatic heterocycles. The molecule has 0 aromatic heterocycles. The molecule has 0 spiro atoms. The number of hydrogen-bond acceptors (Lipinski definition) is 4. The number of amides is 1. The van der Waals surface area contributed by atoms with Crippen molar-refractivity contribution in [2.45, 2.75) is 75.8 Å². The number of sulfonamides is 1. The first-order valence-corrected chi connectivity index (χ1v) is 11.8. The minimum atomic E-state index is -3.31. The maximum absolute atomic E-state index is 12.7. The summed E-state index contributed by atoms with van der Waals surface area (Å²) in [7, 11) is -3.31. The fraction of sp³-hybridized carbons (Fsp3) is 0.944. The Labute approximate surface area is 152 Å². The molecule has 3 fully saturated rings. The zero-order valence-electron chi connectivity index (χ0n) is 15.5. The summed E-state index contributed by atoms with van der Waals surface area (Å²) < 4.78 is 25.2. The molecule has 7 heteroatoms. The largest absolute Gasteiger partial charge is 0.353 e. The highest BCUT2D eigenvalue weighted by molar-refractivity contribution is 7.88. The first-order chi connectivity index (χ1) is 11.9. The molecule has 3 aliphatic rings. The van der Waals surface area contributed by atoms with Crippen molar-refractivity contribution >= 4 is 15.9 Å². The Bertz CT molecular complexity index is 566. The van der Waals surface area contributed by atoms with Crippen LogP contribution in [0.2, 0.25) is 0 Å². The van der Waals surface area contributed by atoms with Gasteiger partial charge in [-0.1, -0.05) is 25.7 Å². The van der Waals surface area contributed by atoms with E-state index in [1.807, 2.05) is 0 Å². The lowest BCUT2D eigenvalue weighted by Crippen LogP contribution is -2.59. The Morgan fingerprint density at radius 2 is 1.64 bits per heavy atom. The van der Waals surface area contributed by atoms with Crippen molar-refractivity contribution < 1.29 is 13.2 Å². The Kier molecular flexibility index (Phi) is 6.06. The second-order valence-corrected chi connectivity index (χ2v) is 10.0. The summed E-state index contributed by atoms with van der Waals surface area (Å²) >= 11 is 0. The summed E-state index contributed by atoms with van der Waals surface area (Å²) in [6, 6.07) is -0.517. The molecule has 1 saturated carbocycles. The van der Waals surface area contributed by atoms with Gasteiger partial charge in [0.1, 0.15) is 6.04 Å². The van der Waals surface area contributed by atoms with Crippen LogP contribution in [0.4, 0.5) is 0 Å². The van der Waals surface area contributed by atoms with E-state index in [0.717, 1.165) is 32.4 Å². The van der Waals surface area contributed by atoms with Crippen molar-refractivity contribution in [3.63, 3.8) is 0 Å². The third kappa shape index (κ3) is 4.37. The molecule has 2 saturated heterocycles. The molecule has 6 nitrogen and oxygen atoms in total. The van der Waals surface area contributed by atoms with Crippen molar-refractivity contribution in [1.29, 1.82) is 0 Å². The van der Waals surface area contributed by atoms with Gasteiger partial charge in [0.2, 0.25) is 15.9 Å². The fourth-order valence-corrected chi connectivity index (χ4v) is 6.08. The summed E-state index contributed by atoms with van der Waals surface area (Å²) in [5, 5.41) is 3.15. The molecule has 0 radical (unpaired) electrons. The highest BCUT2D eigenvalue weighted by Crippen LogP contribution is 2.35. The van der Waals surface area contributed by atoms with Gasteiger partial charge in [-0.05, 0) is 51.6 Å². The Morgan fingerprint density at radius 3 is 2.28 bits per heavy atom. The van der Waals surface area contributed by atoms with Crippen molar-refractivity contribution in [3.8, 4) is 0 Å². The van der Waals surface area contributed by atoms with E-state index in [4.69, 9.17) is 0 Å². The SMILES string of the molecule is CS(=O)(=O)N1CCCC1C(=O)NCC1(N2CCCCC2)CCCCC1. The molecular formula is C18H33N3O3S. The molecule has 1 unspecified atom stereocenters. The normalized spacial score (nSPS) is 28.8. The zero-order valence-corrected chi connectivity index (χ0v) is 16.3. The fourth-order valence-electron chi connectivity index (χ4n) is 4.95. The van der Waals surface area contributed by atoms with Crippen LogP contribution in [0.25, 0.3) is 0 Å². The molecule has 3 rings (SSSR count). The smallest absolute Gasteiger partial charge is 0.238 e. The second kappa shape index (κ2) is 7.92. The van der Waals surface area contributed by atoms with E-state index >= 15 is 0 Å². The molecule has 0 aromatic carbocycles. The summed E-state index contributed by atoms with van der Waals surface area (Å²) in [4.78, 5) is 15.3. The first kappa shape index (κ1) is 19.1. The number of piperidine rings is 1.